The minimum atomic E-state index is 0.0700. The first kappa shape index (κ1) is 17.9. The van der Waals surface area contributed by atoms with Crippen LogP contribution in [0.15, 0.2) is 29.8 Å². The van der Waals surface area contributed by atoms with Gasteiger partial charge in [-0.15, -0.1) is 11.3 Å². The van der Waals surface area contributed by atoms with E-state index >= 15 is 0 Å². The topological polar surface area (TPSA) is 49.3 Å². The fourth-order valence-corrected chi connectivity index (χ4v) is 3.89. The first-order valence-corrected chi connectivity index (χ1v) is 9.70. The quantitative estimate of drug-likeness (QED) is 0.843. The van der Waals surface area contributed by atoms with E-state index in [2.05, 4.69) is 41.0 Å². The predicted molar refractivity (Wildman–Crippen MR) is 102 cm³/mol. The van der Waals surface area contributed by atoms with Gasteiger partial charge in [-0.1, -0.05) is 26.8 Å². The molecule has 0 atom stereocenters. The molecule has 25 heavy (non-hydrogen) atoms. The zero-order chi connectivity index (χ0) is 17.9. The lowest BCUT2D eigenvalue weighted by Gasteiger charge is -2.35. The molecule has 1 fully saturated rings. The van der Waals surface area contributed by atoms with Crippen molar-refractivity contribution in [2.45, 2.75) is 39.0 Å². The number of hydrogen-bond donors (Lipinski definition) is 0. The number of pyridine rings is 1. The van der Waals surface area contributed by atoms with Crippen molar-refractivity contribution in [3.8, 4) is 0 Å². The zero-order valence-corrected chi connectivity index (χ0v) is 16.1. The van der Waals surface area contributed by atoms with Gasteiger partial charge in [0.25, 0.3) is 0 Å². The number of amides is 1. The van der Waals surface area contributed by atoms with Crippen LogP contribution in [0.3, 0.4) is 0 Å². The molecule has 0 aliphatic carbocycles. The van der Waals surface area contributed by atoms with Gasteiger partial charge in [0.15, 0.2) is 0 Å². The molecule has 134 valence electrons. The fourth-order valence-electron chi connectivity index (χ4n) is 2.87. The molecule has 1 aliphatic rings. The SMILES string of the molecule is CC(C)(C)c1csc(CCC(=O)N2CCN(c3ccccn3)CC2)n1. The molecule has 3 heterocycles. The van der Waals surface area contributed by atoms with Crippen LogP contribution < -0.4 is 4.90 Å². The average molecular weight is 359 g/mol. The second-order valence-electron chi connectivity index (χ2n) is 7.43. The Morgan fingerprint density at radius 1 is 1.20 bits per heavy atom. The summed E-state index contributed by atoms with van der Waals surface area (Å²) in [5, 5.41) is 3.18. The smallest absolute Gasteiger partial charge is 0.223 e. The Balaban J connectivity index is 1.47. The van der Waals surface area contributed by atoms with E-state index in [0.717, 1.165) is 49.1 Å². The van der Waals surface area contributed by atoms with Gasteiger partial charge in [0.05, 0.1) is 10.7 Å². The Bertz CT molecular complexity index is 700. The molecule has 1 saturated heterocycles. The number of piperazine rings is 1. The third-order valence-electron chi connectivity index (χ3n) is 4.48. The lowest BCUT2D eigenvalue weighted by atomic mass is 9.93. The van der Waals surface area contributed by atoms with E-state index in [1.165, 1.54) is 0 Å². The number of carbonyl (C=O) groups excluding carboxylic acids is 1. The monoisotopic (exact) mass is 358 g/mol. The number of anilines is 1. The van der Waals surface area contributed by atoms with Gasteiger partial charge in [0, 0.05) is 56.0 Å². The number of hydrogen-bond acceptors (Lipinski definition) is 5. The summed E-state index contributed by atoms with van der Waals surface area (Å²) in [7, 11) is 0. The molecule has 0 bridgehead atoms. The molecular weight excluding hydrogens is 332 g/mol. The minimum absolute atomic E-state index is 0.0700. The van der Waals surface area contributed by atoms with Crippen molar-refractivity contribution in [2.75, 3.05) is 31.1 Å². The van der Waals surface area contributed by atoms with Gasteiger partial charge >= 0.3 is 0 Å². The van der Waals surface area contributed by atoms with Crippen molar-refractivity contribution in [3.05, 3.63) is 40.5 Å². The Morgan fingerprint density at radius 3 is 2.56 bits per heavy atom. The molecule has 2 aromatic rings. The van der Waals surface area contributed by atoms with E-state index in [1.54, 1.807) is 11.3 Å². The van der Waals surface area contributed by atoms with Crippen LogP contribution in [0.25, 0.3) is 0 Å². The maximum Gasteiger partial charge on any atom is 0.223 e. The molecular formula is C19H26N4OS. The van der Waals surface area contributed by atoms with Crippen molar-refractivity contribution in [1.29, 1.82) is 0 Å². The Hall–Kier alpha value is -1.95. The summed E-state index contributed by atoms with van der Waals surface area (Å²) in [6, 6.07) is 5.94. The molecule has 3 rings (SSSR count). The van der Waals surface area contributed by atoms with Crippen LogP contribution in [-0.2, 0) is 16.6 Å². The molecule has 0 saturated carbocycles. The highest BCUT2D eigenvalue weighted by atomic mass is 32.1. The number of aromatic nitrogens is 2. The van der Waals surface area contributed by atoms with Gasteiger partial charge in [0.1, 0.15) is 5.82 Å². The molecule has 0 aromatic carbocycles. The molecule has 0 unspecified atom stereocenters. The van der Waals surface area contributed by atoms with Crippen molar-refractivity contribution in [3.63, 3.8) is 0 Å². The van der Waals surface area contributed by atoms with Crippen LogP contribution >= 0.6 is 11.3 Å². The molecule has 6 heteroatoms. The number of aryl methyl sites for hydroxylation is 1. The van der Waals surface area contributed by atoms with Crippen molar-refractivity contribution in [2.24, 2.45) is 0 Å². The Kier molecular flexibility index (Phi) is 5.37. The molecule has 0 radical (unpaired) electrons. The first-order chi connectivity index (χ1) is 11.9. The van der Waals surface area contributed by atoms with Crippen LogP contribution in [0.1, 0.15) is 37.9 Å². The van der Waals surface area contributed by atoms with E-state index in [-0.39, 0.29) is 11.3 Å². The second kappa shape index (κ2) is 7.52. The van der Waals surface area contributed by atoms with Gasteiger partial charge in [-0.3, -0.25) is 4.79 Å². The lowest BCUT2D eigenvalue weighted by Crippen LogP contribution is -2.49. The van der Waals surface area contributed by atoms with E-state index in [1.807, 2.05) is 29.3 Å². The van der Waals surface area contributed by atoms with Crippen LogP contribution in [0.5, 0.6) is 0 Å². The largest absolute Gasteiger partial charge is 0.353 e. The summed E-state index contributed by atoms with van der Waals surface area (Å²) in [5.74, 6) is 1.22. The molecule has 0 N–H and O–H groups in total. The second-order valence-corrected chi connectivity index (χ2v) is 8.37. The molecule has 1 aliphatic heterocycles. The van der Waals surface area contributed by atoms with Crippen LogP contribution in [0.2, 0.25) is 0 Å². The molecule has 2 aromatic heterocycles. The van der Waals surface area contributed by atoms with Crippen LogP contribution in [0.4, 0.5) is 5.82 Å². The first-order valence-electron chi connectivity index (χ1n) is 8.82. The third kappa shape index (κ3) is 4.57. The normalized spacial score (nSPS) is 15.5. The Labute approximate surface area is 153 Å². The summed E-state index contributed by atoms with van der Waals surface area (Å²) in [4.78, 5) is 25.8. The maximum absolute atomic E-state index is 12.5. The van der Waals surface area contributed by atoms with Gasteiger partial charge < -0.3 is 9.80 Å². The van der Waals surface area contributed by atoms with E-state index < -0.39 is 0 Å². The predicted octanol–water partition coefficient (Wildman–Crippen LogP) is 3.12. The van der Waals surface area contributed by atoms with Crippen molar-refractivity contribution in [1.82, 2.24) is 14.9 Å². The molecule has 1 amide bonds. The van der Waals surface area contributed by atoms with Gasteiger partial charge in [-0.05, 0) is 12.1 Å². The standard InChI is InChI=1S/C19H26N4OS/c1-19(2,3)15-14-25-17(21-15)7-8-18(24)23-12-10-22(11-13-23)16-6-4-5-9-20-16/h4-6,9,14H,7-8,10-13H2,1-3H3. The zero-order valence-electron chi connectivity index (χ0n) is 15.2. The summed E-state index contributed by atoms with van der Waals surface area (Å²) in [6.07, 6.45) is 3.09. The number of rotatable bonds is 4. The van der Waals surface area contributed by atoms with Gasteiger partial charge in [0.2, 0.25) is 5.91 Å². The average Bonchev–Trinajstić information content (AvgIpc) is 3.10. The highest BCUT2D eigenvalue weighted by Crippen LogP contribution is 2.24. The molecule has 0 spiro atoms. The fraction of sp³-hybridized carbons (Fsp3) is 0.526. The summed E-state index contributed by atoms with van der Waals surface area (Å²) in [5.41, 5.74) is 1.18. The highest BCUT2D eigenvalue weighted by Gasteiger charge is 2.22. The third-order valence-corrected chi connectivity index (χ3v) is 5.39. The molecule has 5 nitrogen and oxygen atoms in total. The van der Waals surface area contributed by atoms with E-state index in [0.29, 0.717) is 6.42 Å². The van der Waals surface area contributed by atoms with Crippen molar-refractivity contribution < 1.29 is 4.79 Å². The minimum Gasteiger partial charge on any atom is -0.353 e. The number of thiazole rings is 1. The summed E-state index contributed by atoms with van der Waals surface area (Å²) < 4.78 is 0. The highest BCUT2D eigenvalue weighted by molar-refractivity contribution is 7.09. The summed E-state index contributed by atoms with van der Waals surface area (Å²) in [6.45, 7) is 9.71. The Morgan fingerprint density at radius 2 is 1.96 bits per heavy atom. The number of carbonyl (C=O) groups is 1. The van der Waals surface area contributed by atoms with Crippen LogP contribution in [-0.4, -0.2) is 47.0 Å². The number of nitrogens with zero attached hydrogens (tertiary/aromatic N) is 4. The van der Waals surface area contributed by atoms with Crippen LogP contribution in [0, 0.1) is 0 Å². The van der Waals surface area contributed by atoms with E-state index in [4.69, 9.17) is 0 Å². The summed E-state index contributed by atoms with van der Waals surface area (Å²) >= 11 is 1.66. The maximum atomic E-state index is 12.5. The van der Waals surface area contributed by atoms with E-state index in [9.17, 15) is 4.79 Å². The lowest BCUT2D eigenvalue weighted by molar-refractivity contribution is -0.131. The van der Waals surface area contributed by atoms with Crippen molar-refractivity contribution >= 4 is 23.1 Å². The van der Waals surface area contributed by atoms with Gasteiger partial charge in [-0.25, -0.2) is 9.97 Å². The van der Waals surface area contributed by atoms with Gasteiger partial charge in [-0.2, -0.15) is 0 Å².